The molecule has 0 unspecified atom stereocenters. The molecule has 0 saturated heterocycles. The molecule has 5 nitrogen and oxygen atoms in total. The van der Waals surface area contributed by atoms with E-state index in [4.69, 9.17) is 4.74 Å². The molecule has 0 aromatic heterocycles. The van der Waals surface area contributed by atoms with Crippen LogP contribution in [0.15, 0.2) is 91.0 Å². The second-order valence-corrected chi connectivity index (χ2v) is 5.91. The van der Waals surface area contributed by atoms with E-state index in [0.717, 1.165) is 5.56 Å². The maximum atomic E-state index is 12.7. The highest BCUT2D eigenvalue weighted by Gasteiger charge is 2.23. The summed E-state index contributed by atoms with van der Waals surface area (Å²) in [5, 5.41) is 5.46. The molecule has 0 aliphatic heterocycles. The second kappa shape index (κ2) is 9.20. The molecule has 2 amide bonds. The molecule has 0 spiro atoms. The predicted octanol–water partition coefficient (Wildman–Crippen LogP) is 4.29. The molecular weight excluding hydrogens is 340 g/mol. The number of carbonyl (C=O) groups is 2. The standard InChI is InChI=1S/C22H20N2O3/c25-21(23-19-14-8-3-9-15-19)20(18-12-6-2-7-13-18)24-22(26)27-16-17-10-4-1-5-11-17/h1-15,20H,16H2,(H,23,25)(H,24,26)/t20-/m0/s1. The number of rotatable bonds is 6. The molecule has 0 fully saturated rings. The third-order valence-corrected chi connectivity index (χ3v) is 3.91. The first-order chi connectivity index (χ1) is 13.2. The molecule has 0 aliphatic rings. The van der Waals surface area contributed by atoms with E-state index in [1.807, 2.05) is 66.7 Å². The highest BCUT2D eigenvalue weighted by atomic mass is 16.5. The summed E-state index contributed by atoms with van der Waals surface area (Å²) in [4.78, 5) is 25.0. The summed E-state index contributed by atoms with van der Waals surface area (Å²) in [6.45, 7) is 0.133. The Hall–Kier alpha value is -3.60. The van der Waals surface area contributed by atoms with Crippen molar-refractivity contribution in [3.8, 4) is 0 Å². The van der Waals surface area contributed by atoms with Gasteiger partial charge in [0.2, 0.25) is 0 Å². The Morgan fingerprint density at radius 2 is 1.33 bits per heavy atom. The highest BCUT2D eigenvalue weighted by molar-refractivity contribution is 5.97. The number of hydrogen-bond donors (Lipinski definition) is 2. The fourth-order valence-electron chi connectivity index (χ4n) is 2.56. The molecule has 3 rings (SSSR count). The number of amides is 2. The lowest BCUT2D eigenvalue weighted by molar-refractivity contribution is -0.118. The van der Waals surface area contributed by atoms with Crippen molar-refractivity contribution in [2.45, 2.75) is 12.6 Å². The van der Waals surface area contributed by atoms with Crippen LogP contribution in [-0.2, 0) is 16.1 Å². The molecule has 1 atom stereocenters. The first-order valence-corrected chi connectivity index (χ1v) is 8.60. The summed E-state index contributed by atoms with van der Waals surface area (Å²) in [7, 11) is 0. The second-order valence-electron chi connectivity index (χ2n) is 5.91. The molecule has 0 heterocycles. The predicted molar refractivity (Wildman–Crippen MR) is 104 cm³/mol. The minimum absolute atomic E-state index is 0.133. The molecule has 136 valence electrons. The summed E-state index contributed by atoms with van der Waals surface area (Å²) in [5.41, 5.74) is 2.20. The van der Waals surface area contributed by atoms with Crippen LogP contribution in [0.3, 0.4) is 0 Å². The van der Waals surface area contributed by atoms with Crippen molar-refractivity contribution in [2.24, 2.45) is 0 Å². The van der Waals surface area contributed by atoms with Gasteiger partial charge in [-0.25, -0.2) is 4.79 Å². The summed E-state index contributed by atoms with van der Waals surface area (Å²) >= 11 is 0. The van der Waals surface area contributed by atoms with E-state index in [9.17, 15) is 9.59 Å². The summed E-state index contributed by atoms with van der Waals surface area (Å²) < 4.78 is 5.25. The Balaban J connectivity index is 1.68. The Morgan fingerprint density at radius 3 is 1.96 bits per heavy atom. The molecule has 27 heavy (non-hydrogen) atoms. The van der Waals surface area contributed by atoms with Crippen LogP contribution in [0.2, 0.25) is 0 Å². The van der Waals surface area contributed by atoms with Crippen molar-refractivity contribution < 1.29 is 14.3 Å². The van der Waals surface area contributed by atoms with Crippen LogP contribution in [0.5, 0.6) is 0 Å². The average Bonchev–Trinajstić information content (AvgIpc) is 2.72. The highest BCUT2D eigenvalue weighted by Crippen LogP contribution is 2.16. The summed E-state index contributed by atoms with van der Waals surface area (Å²) in [6.07, 6.45) is -0.657. The fourth-order valence-corrected chi connectivity index (χ4v) is 2.56. The quantitative estimate of drug-likeness (QED) is 0.689. The topological polar surface area (TPSA) is 67.4 Å². The van der Waals surface area contributed by atoms with Gasteiger partial charge in [0.15, 0.2) is 0 Å². The normalized spacial score (nSPS) is 11.3. The monoisotopic (exact) mass is 360 g/mol. The number of alkyl carbamates (subject to hydrolysis) is 1. The van der Waals surface area contributed by atoms with Crippen molar-refractivity contribution in [3.63, 3.8) is 0 Å². The maximum Gasteiger partial charge on any atom is 0.408 e. The van der Waals surface area contributed by atoms with Gasteiger partial charge in [0, 0.05) is 5.69 Å². The van der Waals surface area contributed by atoms with Crippen LogP contribution in [-0.4, -0.2) is 12.0 Å². The molecule has 2 N–H and O–H groups in total. The molecule has 5 heteroatoms. The SMILES string of the molecule is O=C(N[C@H](C(=O)Nc1ccccc1)c1ccccc1)OCc1ccccc1. The van der Waals surface area contributed by atoms with Gasteiger partial charge >= 0.3 is 6.09 Å². The van der Waals surface area contributed by atoms with Crippen LogP contribution in [0.1, 0.15) is 17.2 Å². The van der Waals surface area contributed by atoms with E-state index in [1.54, 1.807) is 24.3 Å². The van der Waals surface area contributed by atoms with E-state index in [2.05, 4.69) is 10.6 Å². The fraction of sp³-hybridized carbons (Fsp3) is 0.0909. The first kappa shape index (κ1) is 18.2. The van der Waals surface area contributed by atoms with Crippen molar-refractivity contribution in [2.75, 3.05) is 5.32 Å². The first-order valence-electron chi connectivity index (χ1n) is 8.60. The number of para-hydroxylation sites is 1. The number of anilines is 1. The third kappa shape index (κ3) is 5.44. The molecule has 0 radical (unpaired) electrons. The van der Waals surface area contributed by atoms with E-state index in [0.29, 0.717) is 11.3 Å². The van der Waals surface area contributed by atoms with Gasteiger partial charge in [-0.15, -0.1) is 0 Å². The van der Waals surface area contributed by atoms with E-state index >= 15 is 0 Å². The lowest BCUT2D eigenvalue weighted by atomic mass is 10.1. The summed E-state index contributed by atoms with van der Waals surface area (Å²) in [6, 6.07) is 26.6. The lowest BCUT2D eigenvalue weighted by Crippen LogP contribution is -2.37. The van der Waals surface area contributed by atoms with E-state index in [-0.39, 0.29) is 12.5 Å². The van der Waals surface area contributed by atoms with Gasteiger partial charge in [-0.05, 0) is 23.3 Å². The molecule has 0 aliphatic carbocycles. The zero-order chi connectivity index (χ0) is 18.9. The van der Waals surface area contributed by atoms with Crippen LogP contribution in [0.4, 0.5) is 10.5 Å². The van der Waals surface area contributed by atoms with Gasteiger partial charge in [-0.1, -0.05) is 78.9 Å². The Bertz CT molecular complexity index is 868. The van der Waals surface area contributed by atoms with Gasteiger partial charge < -0.3 is 15.4 Å². The molecule has 3 aromatic carbocycles. The van der Waals surface area contributed by atoms with Gasteiger partial charge in [-0.2, -0.15) is 0 Å². The van der Waals surface area contributed by atoms with Crippen LogP contribution < -0.4 is 10.6 Å². The number of ether oxygens (including phenoxy) is 1. The number of benzene rings is 3. The van der Waals surface area contributed by atoms with Gasteiger partial charge in [0.25, 0.3) is 5.91 Å². The minimum atomic E-state index is -0.866. The summed E-state index contributed by atoms with van der Waals surface area (Å²) in [5.74, 6) is -0.343. The van der Waals surface area contributed by atoms with Crippen molar-refractivity contribution >= 4 is 17.7 Å². The molecule has 0 saturated carbocycles. The van der Waals surface area contributed by atoms with Gasteiger partial charge in [0.1, 0.15) is 12.6 Å². The largest absolute Gasteiger partial charge is 0.445 e. The number of hydrogen-bond acceptors (Lipinski definition) is 3. The Morgan fingerprint density at radius 1 is 0.778 bits per heavy atom. The van der Waals surface area contributed by atoms with Crippen molar-refractivity contribution in [3.05, 3.63) is 102 Å². The van der Waals surface area contributed by atoms with Gasteiger partial charge in [-0.3, -0.25) is 4.79 Å². The number of nitrogens with one attached hydrogen (secondary N) is 2. The Labute approximate surface area is 158 Å². The average molecular weight is 360 g/mol. The zero-order valence-corrected chi connectivity index (χ0v) is 14.7. The lowest BCUT2D eigenvalue weighted by Gasteiger charge is -2.19. The van der Waals surface area contributed by atoms with Crippen molar-refractivity contribution in [1.82, 2.24) is 5.32 Å². The smallest absolute Gasteiger partial charge is 0.408 e. The molecular formula is C22H20N2O3. The van der Waals surface area contributed by atoms with Crippen LogP contribution in [0.25, 0.3) is 0 Å². The van der Waals surface area contributed by atoms with Crippen molar-refractivity contribution in [1.29, 1.82) is 0 Å². The van der Waals surface area contributed by atoms with Gasteiger partial charge in [0.05, 0.1) is 0 Å². The molecule has 3 aromatic rings. The van der Waals surface area contributed by atoms with Crippen LogP contribution in [0, 0.1) is 0 Å². The van der Waals surface area contributed by atoms with Crippen LogP contribution >= 0.6 is 0 Å². The zero-order valence-electron chi connectivity index (χ0n) is 14.7. The van der Waals surface area contributed by atoms with E-state index < -0.39 is 12.1 Å². The third-order valence-electron chi connectivity index (χ3n) is 3.91. The Kier molecular flexibility index (Phi) is 6.20. The molecule has 0 bridgehead atoms. The number of carbonyl (C=O) groups excluding carboxylic acids is 2. The maximum absolute atomic E-state index is 12.7. The van der Waals surface area contributed by atoms with E-state index in [1.165, 1.54) is 0 Å². The minimum Gasteiger partial charge on any atom is -0.445 e.